The van der Waals surface area contributed by atoms with E-state index in [0.29, 0.717) is 33.8 Å². The minimum Gasteiger partial charge on any atom is -0.504 e. The van der Waals surface area contributed by atoms with E-state index < -0.39 is 0 Å². The predicted octanol–water partition coefficient (Wildman–Crippen LogP) is 4.90. The smallest absolute Gasteiger partial charge is 0.267 e. The average Bonchev–Trinajstić information content (AvgIpc) is 3.46. The van der Waals surface area contributed by atoms with Crippen molar-refractivity contribution in [1.82, 2.24) is 4.90 Å². The van der Waals surface area contributed by atoms with Crippen LogP contribution in [0.4, 0.5) is 0 Å². The molecule has 0 radical (unpaired) electrons. The summed E-state index contributed by atoms with van der Waals surface area (Å²) >= 11 is 1.24. The summed E-state index contributed by atoms with van der Waals surface area (Å²) in [6.45, 7) is 2.51. The Morgan fingerprint density at radius 3 is 2.65 bits per heavy atom. The largest absolute Gasteiger partial charge is 0.504 e. The van der Waals surface area contributed by atoms with Gasteiger partial charge in [0.05, 0.1) is 37.6 Å². The van der Waals surface area contributed by atoms with Gasteiger partial charge in [0.1, 0.15) is 11.5 Å². The van der Waals surface area contributed by atoms with Crippen molar-refractivity contribution in [1.29, 1.82) is 0 Å². The first-order chi connectivity index (χ1) is 16.6. The Bertz CT molecular complexity index is 1230. The van der Waals surface area contributed by atoms with Crippen molar-refractivity contribution in [3.05, 3.63) is 82.7 Å². The lowest BCUT2D eigenvalue weighted by Gasteiger charge is -2.12. The molecule has 0 bridgehead atoms. The van der Waals surface area contributed by atoms with Gasteiger partial charge < -0.3 is 19.0 Å². The number of methoxy groups -OCH3 is 1. The number of rotatable bonds is 8. The molecule has 174 valence electrons. The van der Waals surface area contributed by atoms with Crippen LogP contribution in [0.3, 0.4) is 0 Å². The van der Waals surface area contributed by atoms with Crippen LogP contribution >= 0.6 is 11.8 Å². The second kappa shape index (κ2) is 10.8. The van der Waals surface area contributed by atoms with Gasteiger partial charge in [-0.15, -0.1) is 5.10 Å². The molecule has 9 heteroatoms. The lowest BCUT2D eigenvalue weighted by molar-refractivity contribution is -0.122. The first-order valence-corrected chi connectivity index (χ1v) is 11.3. The second-order valence-electron chi connectivity index (χ2n) is 7.14. The van der Waals surface area contributed by atoms with E-state index in [-0.39, 0.29) is 18.2 Å². The van der Waals surface area contributed by atoms with Gasteiger partial charge in [-0.1, -0.05) is 12.1 Å². The second-order valence-corrected chi connectivity index (χ2v) is 8.15. The number of thioether (sulfide) groups is 1. The number of hydrogen-bond donors (Lipinski definition) is 1. The van der Waals surface area contributed by atoms with Gasteiger partial charge in [-0.05, 0) is 78.4 Å². The number of hydrogen-bond acceptors (Lipinski definition) is 8. The fraction of sp³-hybridized carbons (Fsp3) is 0.160. The Morgan fingerprint density at radius 1 is 1.15 bits per heavy atom. The normalized spacial score (nSPS) is 16.2. The molecule has 0 aliphatic carbocycles. The molecule has 34 heavy (non-hydrogen) atoms. The average molecular weight is 478 g/mol. The van der Waals surface area contributed by atoms with Crippen LogP contribution < -0.4 is 9.47 Å². The van der Waals surface area contributed by atoms with Crippen LogP contribution in [0.15, 0.2) is 80.4 Å². The van der Waals surface area contributed by atoms with Crippen molar-refractivity contribution in [2.75, 3.05) is 13.7 Å². The van der Waals surface area contributed by atoms with E-state index in [4.69, 9.17) is 13.9 Å². The topological polar surface area (TPSA) is 96.9 Å². The highest BCUT2D eigenvalue weighted by molar-refractivity contribution is 8.18. The molecule has 4 rings (SSSR count). The maximum absolute atomic E-state index is 13.2. The summed E-state index contributed by atoms with van der Waals surface area (Å²) in [5.74, 6) is 1.62. The highest BCUT2D eigenvalue weighted by Gasteiger charge is 2.34. The first kappa shape index (κ1) is 23.2. The third-order valence-corrected chi connectivity index (χ3v) is 5.83. The van der Waals surface area contributed by atoms with Gasteiger partial charge in [-0.2, -0.15) is 5.10 Å². The summed E-state index contributed by atoms with van der Waals surface area (Å²) in [6.07, 6.45) is 4.91. The maximum atomic E-state index is 13.2. The molecule has 1 fully saturated rings. The molecule has 2 heterocycles. The molecule has 1 saturated heterocycles. The third-order valence-electron chi connectivity index (χ3n) is 4.83. The number of carbonyl (C=O) groups is 1. The zero-order chi connectivity index (χ0) is 23.9. The molecule has 0 spiro atoms. The van der Waals surface area contributed by atoms with Crippen molar-refractivity contribution < 1.29 is 23.8 Å². The monoisotopic (exact) mass is 477 g/mol. The van der Waals surface area contributed by atoms with E-state index in [9.17, 15) is 9.90 Å². The number of aromatic hydroxyl groups is 1. The molecule has 1 aliphatic heterocycles. The quantitative estimate of drug-likeness (QED) is 0.282. The zero-order valence-corrected chi connectivity index (χ0v) is 19.5. The number of amides is 1. The van der Waals surface area contributed by atoms with Crippen molar-refractivity contribution in [3.63, 3.8) is 0 Å². The van der Waals surface area contributed by atoms with Gasteiger partial charge in [0.2, 0.25) is 0 Å². The van der Waals surface area contributed by atoms with E-state index >= 15 is 0 Å². The zero-order valence-electron chi connectivity index (χ0n) is 18.7. The Morgan fingerprint density at radius 2 is 1.94 bits per heavy atom. The van der Waals surface area contributed by atoms with Gasteiger partial charge in [0.15, 0.2) is 16.7 Å². The number of phenols is 1. The molecular weight excluding hydrogens is 454 g/mol. The van der Waals surface area contributed by atoms with Gasteiger partial charge in [0, 0.05) is 0 Å². The first-order valence-electron chi connectivity index (χ1n) is 10.5. The Kier molecular flexibility index (Phi) is 7.34. The van der Waals surface area contributed by atoms with Crippen LogP contribution in [-0.2, 0) is 11.3 Å². The number of benzene rings is 2. The fourth-order valence-electron chi connectivity index (χ4n) is 3.16. The molecule has 1 amide bonds. The van der Waals surface area contributed by atoms with Crippen molar-refractivity contribution >= 4 is 35.1 Å². The Labute approximate surface area is 201 Å². The number of furan rings is 1. The van der Waals surface area contributed by atoms with Crippen molar-refractivity contribution in [2.45, 2.75) is 13.5 Å². The van der Waals surface area contributed by atoms with Crippen LogP contribution in [0.25, 0.3) is 6.08 Å². The minimum absolute atomic E-state index is 0.0557. The highest BCUT2D eigenvalue weighted by atomic mass is 32.2. The Hall–Kier alpha value is -3.98. The summed E-state index contributed by atoms with van der Waals surface area (Å²) in [6, 6.07) is 15.9. The van der Waals surface area contributed by atoms with E-state index in [1.54, 1.807) is 37.6 Å². The molecule has 3 aromatic rings. The summed E-state index contributed by atoms with van der Waals surface area (Å²) < 4.78 is 16.0. The minimum atomic E-state index is -0.186. The molecule has 0 atom stereocenters. The summed E-state index contributed by atoms with van der Waals surface area (Å²) in [7, 11) is 1.61. The molecule has 1 N–H and O–H groups in total. The van der Waals surface area contributed by atoms with Crippen LogP contribution in [0.2, 0.25) is 0 Å². The van der Waals surface area contributed by atoms with Gasteiger partial charge >= 0.3 is 0 Å². The molecule has 8 nitrogen and oxygen atoms in total. The van der Waals surface area contributed by atoms with Crippen LogP contribution in [0.1, 0.15) is 23.8 Å². The van der Waals surface area contributed by atoms with E-state index in [1.807, 2.05) is 37.3 Å². The van der Waals surface area contributed by atoms with Crippen LogP contribution in [0, 0.1) is 0 Å². The third kappa shape index (κ3) is 5.49. The number of amidine groups is 1. The molecule has 1 aliphatic rings. The summed E-state index contributed by atoms with van der Waals surface area (Å²) in [4.78, 5) is 15.2. The van der Waals surface area contributed by atoms with E-state index in [0.717, 1.165) is 11.3 Å². The van der Waals surface area contributed by atoms with Gasteiger partial charge in [-0.3, -0.25) is 9.69 Å². The Balaban J connectivity index is 1.59. The lowest BCUT2D eigenvalue weighted by atomic mass is 10.2. The van der Waals surface area contributed by atoms with E-state index in [2.05, 4.69) is 10.2 Å². The SMILES string of the molecule is CCOc1cc(/C=N\N=C2\S/C(=C\c3ccc(OC)cc3)C(=O)N2Cc2ccco2)ccc1O. The fourth-order valence-corrected chi connectivity index (χ4v) is 4.09. The molecule has 2 aromatic carbocycles. The summed E-state index contributed by atoms with van der Waals surface area (Å²) in [5.41, 5.74) is 1.57. The van der Waals surface area contributed by atoms with Crippen molar-refractivity contribution in [2.24, 2.45) is 10.2 Å². The summed E-state index contributed by atoms with van der Waals surface area (Å²) in [5, 5.41) is 18.8. The number of nitrogens with zero attached hydrogens (tertiary/aromatic N) is 3. The molecule has 0 unspecified atom stereocenters. The van der Waals surface area contributed by atoms with Crippen molar-refractivity contribution in [3.8, 4) is 17.2 Å². The number of phenolic OH excluding ortho intramolecular Hbond substituents is 1. The van der Waals surface area contributed by atoms with Crippen LogP contribution in [0.5, 0.6) is 17.2 Å². The van der Waals surface area contributed by atoms with E-state index in [1.165, 1.54) is 28.9 Å². The molecular formula is C25H23N3O5S. The standard InChI is InChI=1S/C25H23N3O5S/c1-3-32-22-13-18(8-11-21(22)29)15-26-27-25-28(16-20-5-4-12-33-20)24(30)23(34-25)14-17-6-9-19(31-2)10-7-17/h4-15,29H,3,16H2,1-2H3/b23-14-,26-15-,27-25+. The molecule has 0 saturated carbocycles. The van der Waals surface area contributed by atoms with Gasteiger partial charge in [-0.25, -0.2) is 0 Å². The highest BCUT2D eigenvalue weighted by Crippen LogP contribution is 2.34. The predicted molar refractivity (Wildman–Crippen MR) is 132 cm³/mol. The number of carbonyl (C=O) groups excluding carboxylic acids is 1. The maximum Gasteiger partial charge on any atom is 0.267 e. The van der Waals surface area contributed by atoms with Gasteiger partial charge in [0.25, 0.3) is 5.91 Å². The lowest BCUT2D eigenvalue weighted by Crippen LogP contribution is -2.28. The van der Waals surface area contributed by atoms with Crippen LogP contribution in [-0.4, -0.2) is 41.0 Å². The number of ether oxygens (including phenoxy) is 2. The molecule has 1 aromatic heterocycles.